The van der Waals surface area contributed by atoms with E-state index in [0.29, 0.717) is 13.2 Å². The molecule has 0 spiro atoms. The van der Waals surface area contributed by atoms with Gasteiger partial charge in [0.2, 0.25) is 0 Å². The van der Waals surface area contributed by atoms with Gasteiger partial charge in [0.25, 0.3) is 0 Å². The first-order valence-corrected chi connectivity index (χ1v) is 4.23. The molecule has 0 heterocycles. The standard InChI is InChI=1S/C8H15O5/c1-2-12-5-6-13-8(11)4-3-7(9)10/h8H,2-6H2,1H3,(H,9,10). The Balaban J connectivity index is 3.19. The molecule has 0 aromatic heterocycles. The molecule has 1 N–H and O–H groups in total. The van der Waals surface area contributed by atoms with Crippen LogP contribution in [0, 0.1) is 0 Å². The van der Waals surface area contributed by atoms with Gasteiger partial charge in [0.05, 0.1) is 19.6 Å². The molecular formula is C8H15O5. The molecule has 77 valence electrons. The molecule has 0 aliphatic carbocycles. The summed E-state index contributed by atoms with van der Waals surface area (Å²) in [5.74, 6) is -0.978. The smallest absolute Gasteiger partial charge is 0.303 e. The van der Waals surface area contributed by atoms with Crippen LogP contribution in [0.4, 0.5) is 0 Å². The van der Waals surface area contributed by atoms with Gasteiger partial charge in [-0.1, -0.05) is 0 Å². The lowest BCUT2D eigenvalue weighted by Crippen LogP contribution is -2.15. The second kappa shape index (κ2) is 7.97. The molecule has 0 rings (SSSR count). The third kappa shape index (κ3) is 9.26. The SMILES string of the molecule is CCOCCOC([O])CCC(=O)O. The average Bonchev–Trinajstić information content (AvgIpc) is 2.09. The van der Waals surface area contributed by atoms with E-state index in [2.05, 4.69) is 0 Å². The van der Waals surface area contributed by atoms with E-state index >= 15 is 0 Å². The fraction of sp³-hybridized carbons (Fsp3) is 0.875. The highest BCUT2D eigenvalue weighted by Crippen LogP contribution is 1.99. The lowest BCUT2D eigenvalue weighted by molar-refractivity contribution is -0.159. The van der Waals surface area contributed by atoms with Gasteiger partial charge in [0, 0.05) is 13.0 Å². The van der Waals surface area contributed by atoms with Crippen LogP contribution in [0.15, 0.2) is 0 Å². The van der Waals surface area contributed by atoms with Crippen LogP contribution >= 0.6 is 0 Å². The zero-order chi connectivity index (χ0) is 10.1. The second-order valence-corrected chi connectivity index (χ2v) is 2.43. The van der Waals surface area contributed by atoms with Gasteiger partial charge in [-0.15, -0.1) is 0 Å². The van der Waals surface area contributed by atoms with Gasteiger partial charge >= 0.3 is 5.97 Å². The van der Waals surface area contributed by atoms with Crippen molar-refractivity contribution in [1.29, 1.82) is 0 Å². The number of hydrogen-bond donors (Lipinski definition) is 1. The van der Waals surface area contributed by atoms with Crippen LogP contribution in [0.5, 0.6) is 0 Å². The molecule has 0 fully saturated rings. The maximum atomic E-state index is 10.9. The van der Waals surface area contributed by atoms with E-state index in [4.69, 9.17) is 14.6 Å². The van der Waals surface area contributed by atoms with Crippen LogP contribution in [-0.2, 0) is 19.4 Å². The molecule has 5 nitrogen and oxygen atoms in total. The highest BCUT2D eigenvalue weighted by Gasteiger charge is 2.08. The molecule has 1 atom stereocenters. The molecule has 1 radical (unpaired) electrons. The third-order valence-electron chi connectivity index (χ3n) is 1.33. The zero-order valence-electron chi connectivity index (χ0n) is 7.69. The lowest BCUT2D eigenvalue weighted by Gasteiger charge is -2.08. The summed E-state index contributed by atoms with van der Waals surface area (Å²) in [6.07, 6.45) is -1.40. The van der Waals surface area contributed by atoms with Gasteiger partial charge in [0.1, 0.15) is 0 Å². The predicted octanol–water partition coefficient (Wildman–Crippen LogP) is 0.661. The van der Waals surface area contributed by atoms with Crippen LogP contribution in [0.3, 0.4) is 0 Å². The van der Waals surface area contributed by atoms with Crippen LogP contribution in [0.2, 0.25) is 0 Å². The van der Waals surface area contributed by atoms with Crippen molar-refractivity contribution in [3.63, 3.8) is 0 Å². The van der Waals surface area contributed by atoms with Crippen LogP contribution in [-0.4, -0.2) is 37.2 Å². The monoisotopic (exact) mass is 191 g/mol. The third-order valence-corrected chi connectivity index (χ3v) is 1.33. The van der Waals surface area contributed by atoms with E-state index in [1.54, 1.807) is 0 Å². The van der Waals surface area contributed by atoms with Gasteiger partial charge in [-0.3, -0.25) is 4.79 Å². The summed E-state index contributed by atoms with van der Waals surface area (Å²) in [5.41, 5.74) is 0. The Kier molecular flexibility index (Phi) is 7.57. The number of aliphatic carboxylic acids is 1. The quantitative estimate of drug-likeness (QED) is 0.451. The topological polar surface area (TPSA) is 75.7 Å². The number of carboxylic acid groups (broad SMARTS) is 1. The highest BCUT2D eigenvalue weighted by atomic mass is 16.6. The molecule has 0 aromatic rings. The summed E-state index contributed by atoms with van der Waals surface area (Å²) in [4.78, 5) is 10.1. The minimum absolute atomic E-state index is 0.00145. The molecule has 0 aliphatic heterocycles. The molecule has 1 unspecified atom stereocenters. The van der Waals surface area contributed by atoms with Crippen molar-refractivity contribution in [3.8, 4) is 0 Å². The molecule has 0 amide bonds. The second-order valence-electron chi connectivity index (χ2n) is 2.43. The first-order valence-electron chi connectivity index (χ1n) is 4.23. The van der Waals surface area contributed by atoms with Crippen molar-refractivity contribution < 1.29 is 24.5 Å². The van der Waals surface area contributed by atoms with E-state index in [1.807, 2.05) is 6.92 Å². The Hall–Kier alpha value is -0.650. The van der Waals surface area contributed by atoms with E-state index in [0.717, 1.165) is 0 Å². The maximum Gasteiger partial charge on any atom is 0.303 e. The molecule has 0 saturated heterocycles. The Morgan fingerprint density at radius 2 is 2.15 bits per heavy atom. The molecule has 0 aliphatic rings. The Bertz CT molecular complexity index is 136. The van der Waals surface area contributed by atoms with E-state index < -0.39 is 12.3 Å². The first kappa shape index (κ1) is 12.3. The highest BCUT2D eigenvalue weighted by molar-refractivity contribution is 5.66. The molecule has 0 bridgehead atoms. The molecule has 5 heteroatoms. The van der Waals surface area contributed by atoms with Gasteiger partial charge < -0.3 is 14.6 Å². The van der Waals surface area contributed by atoms with Gasteiger partial charge in [-0.2, -0.15) is 0 Å². The van der Waals surface area contributed by atoms with Gasteiger partial charge in [-0.25, -0.2) is 5.11 Å². The van der Waals surface area contributed by atoms with Crippen LogP contribution in [0.1, 0.15) is 19.8 Å². The normalized spacial score (nSPS) is 12.8. The summed E-state index contributed by atoms with van der Waals surface area (Å²) in [7, 11) is 0. The summed E-state index contributed by atoms with van der Waals surface area (Å²) in [6.45, 7) is 3.03. The molecule has 13 heavy (non-hydrogen) atoms. The number of ether oxygens (including phenoxy) is 2. The average molecular weight is 191 g/mol. The van der Waals surface area contributed by atoms with Gasteiger partial charge in [-0.05, 0) is 6.92 Å². The Labute approximate surface area is 77.3 Å². The minimum Gasteiger partial charge on any atom is -0.481 e. The maximum absolute atomic E-state index is 10.9. The van der Waals surface area contributed by atoms with E-state index in [-0.39, 0.29) is 19.4 Å². The zero-order valence-corrected chi connectivity index (χ0v) is 7.69. The molecular weight excluding hydrogens is 176 g/mol. The molecule has 0 saturated carbocycles. The Morgan fingerprint density at radius 1 is 1.46 bits per heavy atom. The van der Waals surface area contributed by atoms with Crippen LogP contribution in [0.25, 0.3) is 0 Å². The summed E-state index contributed by atoms with van der Waals surface area (Å²) < 4.78 is 9.68. The summed E-state index contributed by atoms with van der Waals surface area (Å²) in [5, 5.41) is 19.1. The fourth-order valence-electron chi connectivity index (χ4n) is 0.707. The van der Waals surface area contributed by atoms with E-state index in [9.17, 15) is 9.90 Å². The summed E-state index contributed by atoms with van der Waals surface area (Å²) >= 11 is 0. The van der Waals surface area contributed by atoms with E-state index in [1.165, 1.54) is 0 Å². The number of rotatable bonds is 8. The largest absolute Gasteiger partial charge is 0.481 e. The minimum atomic E-state index is -1.25. The van der Waals surface area contributed by atoms with Crippen molar-refractivity contribution in [2.75, 3.05) is 19.8 Å². The number of carboxylic acids is 1. The van der Waals surface area contributed by atoms with Crippen molar-refractivity contribution in [1.82, 2.24) is 0 Å². The van der Waals surface area contributed by atoms with Gasteiger partial charge in [0.15, 0.2) is 6.29 Å². The van der Waals surface area contributed by atoms with Crippen molar-refractivity contribution in [2.45, 2.75) is 26.1 Å². The number of hydrogen-bond acceptors (Lipinski definition) is 3. The lowest BCUT2D eigenvalue weighted by atomic mass is 10.3. The fourth-order valence-corrected chi connectivity index (χ4v) is 0.707. The number of carbonyl (C=O) groups is 1. The predicted molar refractivity (Wildman–Crippen MR) is 43.8 cm³/mol. The van der Waals surface area contributed by atoms with Crippen molar-refractivity contribution in [2.24, 2.45) is 0 Å². The van der Waals surface area contributed by atoms with Crippen LogP contribution < -0.4 is 0 Å². The van der Waals surface area contributed by atoms with Crippen molar-refractivity contribution in [3.05, 3.63) is 0 Å². The molecule has 0 aromatic carbocycles. The summed E-state index contributed by atoms with van der Waals surface area (Å²) in [6, 6.07) is 0. The van der Waals surface area contributed by atoms with Crippen molar-refractivity contribution >= 4 is 5.97 Å². The Morgan fingerprint density at radius 3 is 2.69 bits per heavy atom. The first-order chi connectivity index (χ1) is 6.16.